The van der Waals surface area contributed by atoms with Gasteiger partial charge in [0.25, 0.3) is 5.59 Å². The van der Waals surface area contributed by atoms with Gasteiger partial charge in [0, 0.05) is 0 Å². The van der Waals surface area contributed by atoms with Crippen molar-refractivity contribution >= 4 is 14.0 Å². The smallest absolute Gasteiger partial charge is 0.295 e. The van der Waals surface area contributed by atoms with Gasteiger partial charge in [-0.25, -0.2) is 0 Å². The third-order valence-corrected chi connectivity index (χ3v) is 5.08. The second-order valence-corrected chi connectivity index (χ2v) is 5.71. The highest BCUT2D eigenvalue weighted by atomic mass is 28.2. The third kappa shape index (κ3) is 1.70. The van der Waals surface area contributed by atoms with Gasteiger partial charge in [-0.05, 0) is 38.8 Å². The lowest BCUT2D eigenvalue weighted by atomic mass is 10.1. The Morgan fingerprint density at radius 3 is 2.23 bits per heavy atom. The van der Waals surface area contributed by atoms with Crippen molar-refractivity contribution in [3.05, 3.63) is 27.5 Å². The van der Waals surface area contributed by atoms with Gasteiger partial charge in [-0.1, -0.05) is 16.4 Å². The summed E-state index contributed by atoms with van der Waals surface area (Å²) in [4.78, 5) is 10.9. The van der Waals surface area contributed by atoms with Crippen molar-refractivity contribution in [2.45, 2.75) is 27.7 Å². The van der Waals surface area contributed by atoms with E-state index in [1.807, 2.05) is 33.4 Å². The maximum atomic E-state index is 10.9. The molecule has 0 saturated heterocycles. The van der Waals surface area contributed by atoms with E-state index < -0.39 is 14.0 Å². The summed E-state index contributed by atoms with van der Waals surface area (Å²) in [7, 11) is -1.46. The summed E-state index contributed by atoms with van der Waals surface area (Å²) >= 11 is 0. The summed E-state index contributed by atoms with van der Waals surface area (Å²) in [6.45, 7) is 7.98. The molecule has 0 unspecified atom stereocenters. The van der Waals surface area contributed by atoms with E-state index in [9.17, 15) is 4.79 Å². The molecule has 1 heterocycles. The highest BCUT2D eigenvalue weighted by molar-refractivity contribution is 6.83. The number of carboxylic acid groups (broad SMARTS) is 1. The molecule has 1 rings (SSSR count). The standard InChI is InChI=1S/C10H14O2Si/c1-6-5-13(10(11)12)9(4)8(3)7(6)2/h5H,1-4H3,(H,11,12). The number of hydrogen-bond donors (Lipinski definition) is 1. The monoisotopic (exact) mass is 194 g/mol. The molecule has 13 heavy (non-hydrogen) atoms. The van der Waals surface area contributed by atoms with Crippen LogP contribution in [-0.2, 0) is 0 Å². The van der Waals surface area contributed by atoms with E-state index in [0.717, 1.165) is 16.3 Å². The number of carbonyl (C=O) groups is 1. The lowest BCUT2D eigenvalue weighted by Crippen LogP contribution is -2.16. The second-order valence-electron chi connectivity index (χ2n) is 3.42. The second kappa shape index (κ2) is 3.42. The SMILES string of the molecule is Cc1c[si](C(=O)O)c(C)c(C)c1C. The number of rotatable bonds is 1. The van der Waals surface area contributed by atoms with Crippen molar-refractivity contribution in [3.8, 4) is 0 Å². The number of hydrogen-bond acceptors (Lipinski definition) is 1. The average molecular weight is 194 g/mol. The maximum absolute atomic E-state index is 10.9. The van der Waals surface area contributed by atoms with Gasteiger partial charge in [0.2, 0.25) is 0 Å². The van der Waals surface area contributed by atoms with Crippen molar-refractivity contribution in [3.63, 3.8) is 0 Å². The zero-order valence-electron chi connectivity index (χ0n) is 8.43. The summed E-state index contributed by atoms with van der Waals surface area (Å²) in [5.74, 6) is 0. The summed E-state index contributed by atoms with van der Waals surface area (Å²) in [5.41, 5.74) is 4.78. The van der Waals surface area contributed by atoms with E-state index in [4.69, 9.17) is 5.11 Å². The van der Waals surface area contributed by atoms with Crippen molar-refractivity contribution in [1.82, 2.24) is 0 Å². The van der Waals surface area contributed by atoms with Gasteiger partial charge in [-0.2, -0.15) is 0 Å². The first-order chi connectivity index (χ1) is 5.95. The van der Waals surface area contributed by atoms with Crippen LogP contribution in [0.4, 0.5) is 4.79 Å². The van der Waals surface area contributed by atoms with Crippen LogP contribution in [0, 0.1) is 27.7 Å². The van der Waals surface area contributed by atoms with E-state index in [-0.39, 0.29) is 0 Å². The fourth-order valence-electron chi connectivity index (χ4n) is 1.43. The van der Waals surface area contributed by atoms with Gasteiger partial charge < -0.3 is 5.11 Å². The van der Waals surface area contributed by atoms with E-state index in [1.54, 1.807) is 0 Å². The zero-order chi connectivity index (χ0) is 10.2. The molecular weight excluding hydrogens is 180 g/mol. The largest absolute Gasteiger partial charge is 0.482 e. The number of aryl methyl sites for hydroxylation is 1. The van der Waals surface area contributed by atoms with Crippen LogP contribution in [0.1, 0.15) is 21.9 Å². The van der Waals surface area contributed by atoms with Gasteiger partial charge in [-0.3, -0.25) is 4.79 Å². The molecular formula is C10H14O2Si. The van der Waals surface area contributed by atoms with Crippen LogP contribution in [0.3, 0.4) is 0 Å². The Balaban J connectivity index is 3.50. The molecule has 3 heteroatoms. The topological polar surface area (TPSA) is 37.3 Å². The van der Waals surface area contributed by atoms with Crippen LogP contribution in [0.5, 0.6) is 0 Å². The van der Waals surface area contributed by atoms with Crippen molar-refractivity contribution in [1.29, 1.82) is 0 Å². The molecule has 2 nitrogen and oxygen atoms in total. The lowest BCUT2D eigenvalue weighted by molar-refractivity contribution is 0.219. The van der Waals surface area contributed by atoms with Crippen LogP contribution < -0.4 is 0 Å². The molecule has 0 atom stereocenters. The molecule has 1 N–H and O–H groups in total. The maximum Gasteiger partial charge on any atom is 0.295 e. The Kier molecular flexibility index (Phi) is 2.66. The highest BCUT2D eigenvalue weighted by Gasteiger charge is 2.13. The summed E-state index contributed by atoms with van der Waals surface area (Å²) in [6, 6.07) is 0. The molecule has 1 aromatic rings. The Morgan fingerprint density at radius 2 is 1.77 bits per heavy atom. The van der Waals surface area contributed by atoms with E-state index in [2.05, 4.69) is 0 Å². The summed E-state index contributed by atoms with van der Waals surface area (Å²) < 4.78 is 0. The Bertz CT molecular complexity index is 370. The Hall–Kier alpha value is -0.963. The molecule has 0 saturated carbocycles. The molecule has 70 valence electrons. The fourth-order valence-corrected chi connectivity index (χ4v) is 3.34. The van der Waals surface area contributed by atoms with Crippen molar-refractivity contribution in [2.75, 3.05) is 0 Å². The van der Waals surface area contributed by atoms with Gasteiger partial charge in [0.15, 0.2) is 8.40 Å². The van der Waals surface area contributed by atoms with Gasteiger partial charge >= 0.3 is 0 Å². The Labute approximate surface area is 79.8 Å². The normalized spacial score (nSPS) is 10.2. The first kappa shape index (κ1) is 10.1. The molecule has 0 aromatic carbocycles. The summed E-state index contributed by atoms with van der Waals surface area (Å²) in [5, 5.41) is 10.0. The van der Waals surface area contributed by atoms with E-state index in [1.165, 1.54) is 5.56 Å². The predicted octanol–water partition coefficient (Wildman–Crippen LogP) is 2.47. The molecule has 0 aliphatic carbocycles. The molecule has 0 radical (unpaired) electrons. The van der Waals surface area contributed by atoms with Crippen LogP contribution >= 0.6 is 0 Å². The highest BCUT2D eigenvalue weighted by Crippen LogP contribution is 2.15. The van der Waals surface area contributed by atoms with E-state index >= 15 is 0 Å². The third-order valence-electron chi connectivity index (χ3n) is 2.71. The molecule has 0 aliphatic heterocycles. The fraction of sp³-hybridized carbons (Fsp3) is 0.400. The van der Waals surface area contributed by atoms with Crippen molar-refractivity contribution < 1.29 is 9.90 Å². The molecule has 0 fully saturated rings. The summed E-state index contributed by atoms with van der Waals surface area (Å²) in [6.07, 6.45) is 0. The van der Waals surface area contributed by atoms with Gasteiger partial charge in [0.1, 0.15) is 0 Å². The lowest BCUT2D eigenvalue weighted by Gasteiger charge is -2.10. The molecule has 0 bridgehead atoms. The first-order valence-electron chi connectivity index (χ1n) is 4.26. The minimum absolute atomic E-state index is 0.659. The first-order valence-corrected chi connectivity index (χ1v) is 5.83. The molecule has 0 aliphatic rings. The van der Waals surface area contributed by atoms with Gasteiger partial charge in [0.05, 0.1) is 0 Å². The van der Waals surface area contributed by atoms with Crippen LogP contribution in [-0.4, -0.2) is 19.1 Å². The zero-order valence-corrected chi connectivity index (χ0v) is 9.43. The van der Waals surface area contributed by atoms with Crippen LogP contribution in [0.15, 0.2) is 5.68 Å². The van der Waals surface area contributed by atoms with Crippen LogP contribution in [0.25, 0.3) is 0 Å². The quantitative estimate of drug-likeness (QED) is 0.697. The Morgan fingerprint density at radius 1 is 1.23 bits per heavy atom. The van der Waals surface area contributed by atoms with Crippen molar-refractivity contribution in [2.24, 2.45) is 0 Å². The van der Waals surface area contributed by atoms with Gasteiger partial charge in [-0.15, -0.1) is 0 Å². The minimum Gasteiger partial charge on any atom is -0.482 e. The van der Waals surface area contributed by atoms with E-state index in [0.29, 0.717) is 0 Å². The molecule has 0 spiro atoms. The van der Waals surface area contributed by atoms with Crippen LogP contribution in [0.2, 0.25) is 0 Å². The minimum atomic E-state index is -1.46. The molecule has 0 amide bonds. The predicted molar refractivity (Wildman–Crippen MR) is 54.8 cm³/mol. The molecule has 1 aromatic heterocycles. The average Bonchev–Trinajstić information content (AvgIpc) is 2.07.